The Morgan fingerprint density at radius 2 is 2.05 bits per heavy atom. The van der Waals surface area contributed by atoms with Crippen LogP contribution >= 0.6 is 11.3 Å². The molecule has 1 N–H and O–H groups in total. The second-order valence-corrected chi connectivity index (χ2v) is 6.09. The molecule has 6 nitrogen and oxygen atoms in total. The van der Waals surface area contributed by atoms with Crippen molar-refractivity contribution in [3.8, 4) is 0 Å². The molecule has 2 aromatic rings. The molecular weight excluding hydrogens is 298 g/mol. The Hall–Kier alpha value is -2.15. The lowest BCUT2D eigenvalue weighted by Gasteiger charge is -2.35. The monoisotopic (exact) mass is 317 g/mol. The van der Waals surface area contributed by atoms with Crippen molar-refractivity contribution in [3.63, 3.8) is 0 Å². The predicted octanol–water partition coefficient (Wildman–Crippen LogP) is 2.13. The highest BCUT2D eigenvalue weighted by atomic mass is 32.1. The van der Waals surface area contributed by atoms with Crippen LogP contribution in [0.5, 0.6) is 0 Å². The number of rotatable bonds is 3. The third kappa shape index (κ3) is 3.36. The van der Waals surface area contributed by atoms with Crippen LogP contribution in [-0.2, 0) is 0 Å². The third-order valence-electron chi connectivity index (χ3n) is 3.73. The fraction of sp³-hybridized carbons (Fsp3) is 0.400. The number of urea groups is 1. The van der Waals surface area contributed by atoms with Gasteiger partial charge in [0.1, 0.15) is 0 Å². The maximum absolute atomic E-state index is 12.3. The van der Waals surface area contributed by atoms with Crippen LogP contribution < -0.4 is 10.2 Å². The molecule has 0 spiro atoms. The highest BCUT2D eigenvalue weighted by molar-refractivity contribution is 7.13. The standard InChI is InChI=1S/C15H19N5OS/c1-12(13-4-2-3-5-16-13)18-14(21)19-7-9-20(10-8-19)15-17-6-11-22-15/h2-6,11-12H,7-10H2,1H3,(H,18,21)/t12-/m0/s1. The molecule has 3 heterocycles. The second kappa shape index (κ2) is 6.74. The number of thiazole rings is 1. The Bertz CT molecular complexity index is 596. The van der Waals surface area contributed by atoms with Gasteiger partial charge in [0.15, 0.2) is 5.13 Å². The summed E-state index contributed by atoms with van der Waals surface area (Å²) in [4.78, 5) is 25.0. The van der Waals surface area contributed by atoms with Crippen LogP contribution in [0.25, 0.3) is 0 Å². The molecule has 1 aliphatic heterocycles. The van der Waals surface area contributed by atoms with Gasteiger partial charge in [-0.05, 0) is 19.1 Å². The smallest absolute Gasteiger partial charge is 0.318 e. The van der Waals surface area contributed by atoms with E-state index in [0.29, 0.717) is 13.1 Å². The van der Waals surface area contributed by atoms with E-state index in [4.69, 9.17) is 0 Å². The number of pyridine rings is 1. The summed E-state index contributed by atoms with van der Waals surface area (Å²) in [5.74, 6) is 0. The first-order valence-electron chi connectivity index (χ1n) is 7.35. The molecule has 2 aromatic heterocycles. The molecule has 2 amide bonds. The fourth-order valence-electron chi connectivity index (χ4n) is 2.46. The molecule has 0 saturated carbocycles. The molecule has 3 rings (SSSR count). The van der Waals surface area contributed by atoms with Gasteiger partial charge in [-0.25, -0.2) is 9.78 Å². The van der Waals surface area contributed by atoms with Gasteiger partial charge in [0, 0.05) is 44.0 Å². The topological polar surface area (TPSA) is 61.4 Å². The summed E-state index contributed by atoms with van der Waals surface area (Å²) in [6.45, 7) is 5.00. The van der Waals surface area contributed by atoms with Gasteiger partial charge in [0.2, 0.25) is 0 Å². The quantitative estimate of drug-likeness (QED) is 0.942. The number of carbonyl (C=O) groups is 1. The van der Waals surface area contributed by atoms with Crippen molar-refractivity contribution >= 4 is 22.5 Å². The molecule has 116 valence electrons. The average Bonchev–Trinajstić information content (AvgIpc) is 3.10. The van der Waals surface area contributed by atoms with Gasteiger partial charge in [-0.15, -0.1) is 11.3 Å². The highest BCUT2D eigenvalue weighted by Crippen LogP contribution is 2.19. The minimum atomic E-state index is -0.0920. The Balaban J connectivity index is 1.52. The SMILES string of the molecule is C[C@H](NC(=O)N1CCN(c2nccs2)CC1)c1ccccn1. The van der Waals surface area contributed by atoms with E-state index in [9.17, 15) is 4.79 Å². The summed E-state index contributed by atoms with van der Waals surface area (Å²) in [7, 11) is 0. The minimum absolute atomic E-state index is 0.0306. The number of carbonyl (C=O) groups excluding carboxylic acids is 1. The summed E-state index contributed by atoms with van der Waals surface area (Å²) in [5, 5.41) is 6.01. The summed E-state index contributed by atoms with van der Waals surface area (Å²) < 4.78 is 0. The van der Waals surface area contributed by atoms with Crippen LogP contribution in [0.2, 0.25) is 0 Å². The summed E-state index contributed by atoms with van der Waals surface area (Å²) in [6.07, 6.45) is 3.55. The normalized spacial score (nSPS) is 16.4. The first kappa shape index (κ1) is 14.8. The summed E-state index contributed by atoms with van der Waals surface area (Å²) in [5.41, 5.74) is 0.872. The van der Waals surface area contributed by atoms with Crippen molar-refractivity contribution in [1.29, 1.82) is 0 Å². The molecule has 0 bridgehead atoms. The molecule has 0 aliphatic carbocycles. The van der Waals surface area contributed by atoms with E-state index in [1.54, 1.807) is 17.5 Å². The van der Waals surface area contributed by atoms with Gasteiger partial charge in [0.25, 0.3) is 0 Å². The van der Waals surface area contributed by atoms with Gasteiger partial charge in [-0.1, -0.05) is 6.07 Å². The minimum Gasteiger partial charge on any atom is -0.345 e. The van der Waals surface area contributed by atoms with E-state index in [1.165, 1.54) is 0 Å². The van der Waals surface area contributed by atoms with Crippen molar-refractivity contribution in [1.82, 2.24) is 20.2 Å². The van der Waals surface area contributed by atoms with Crippen LogP contribution in [-0.4, -0.2) is 47.1 Å². The van der Waals surface area contributed by atoms with Crippen molar-refractivity contribution in [2.75, 3.05) is 31.1 Å². The molecule has 0 unspecified atom stereocenters. The lowest BCUT2D eigenvalue weighted by Crippen LogP contribution is -2.52. The van der Waals surface area contributed by atoms with Gasteiger partial charge >= 0.3 is 6.03 Å². The maximum atomic E-state index is 12.3. The van der Waals surface area contributed by atoms with Crippen LogP contribution in [0.1, 0.15) is 18.7 Å². The number of piperazine rings is 1. The molecule has 0 aromatic carbocycles. The number of hydrogen-bond donors (Lipinski definition) is 1. The van der Waals surface area contributed by atoms with Gasteiger partial charge in [-0.2, -0.15) is 0 Å². The summed E-state index contributed by atoms with van der Waals surface area (Å²) in [6, 6.07) is 5.60. The number of amides is 2. The molecule has 1 atom stereocenters. The van der Waals surface area contributed by atoms with Gasteiger partial charge < -0.3 is 15.1 Å². The van der Waals surface area contributed by atoms with E-state index < -0.39 is 0 Å². The second-order valence-electron chi connectivity index (χ2n) is 5.21. The number of nitrogens with zero attached hydrogens (tertiary/aromatic N) is 4. The largest absolute Gasteiger partial charge is 0.345 e. The number of hydrogen-bond acceptors (Lipinski definition) is 5. The van der Waals surface area contributed by atoms with Crippen LogP contribution in [0.3, 0.4) is 0 Å². The van der Waals surface area contributed by atoms with E-state index in [1.807, 2.05) is 41.6 Å². The average molecular weight is 317 g/mol. The first-order chi connectivity index (χ1) is 10.7. The van der Waals surface area contributed by atoms with Crippen molar-refractivity contribution in [2.45, 2.75) is 13.0 Å². The molecule has 0 radical (unpaired) electrons. The molecule has 22 heavy (non-hydrogen) atoms. The van der Waals surface area contributed by atoms with E-state index >= 15 is 0 Å². The molecule has 1 saturated heterocycles. The Kier molecular flexibility index (Phi) is 4.53. The van der Waals surface area contributed by atoms with E-state index in [0.717, 1.165) is 23.9 Å². The van der Waals surface area contributed by atoms with Crippen molar-refractivity contribution < 1.29 is 4.79 Å². The van der Waals surface area contributed by atoms with E-state index in [2.05, 4.69) is 20.2 Å². The van der Waals surface area contributed by atoms with Crippen LogP contribution in [0.15, 0.2) is 36.0 Å². The lowest BCUT2D eigenvalue weighted by atomic mass is 10.2. The Labute approximate surface area is 133 Å². The zero-order valence-corrected chi connectivity index (χ0v) is 13.3. The van der Waals surface area contributed by atoms with Crippen LogP contribution in [0.4, 0.5) is 9.93 Å². The highest BCUT2D eigenvalue weighted by Gasteiger charge is 2.23. The predicted molar refractivity (Wildman–Crippen MR) is 87.1 cm³/mol. The number of aromatic nitrogens is 2. The Morgan fingerprint density at radius 1 is 1.23 bits per heavy atom. The first-order valence-corrected chi connectivity index (χ1v) is 8.23. The van der Waals surface area contributed by atoms with Crippen molar-refractivity contribution in [2.24, 2.45) is 0 Å². The zero-order valence-electron chi connectivity index (χ0n) is 12.5. The molecule has 1 fully saturated rings. The number of anilines is 1. The van der Waals surface area contributed by atoms with Gasteiger partial charge in [-0.3, -0.25) is 4.98 Å². The zero-order chi connectivity index (χ0) is 15.4. The maximum Gasteiger partial charge on any atom is 0.318 e. The molecule has 7 heteroatoms. The Morgan fingerprint density at radius 3 is 2.68 bits per heavy atom. The number of nitrogens with one attached hydrogen (secondary N) is 1. The molecule has 1 aliphatic rings. The fourth-order valence-corrected chi connectivity index (χ4v) is 3.15. The molecular formula is C15H19N5OS. The third-order valence-corrected chi connectivity index (χ3v) is 4.56. The van der Waals surface area contributed by atoms with Crippen LogP contribution in [0, 0.1) is 0 Å². The van der Waals surface area contributed by atoms with Crippen molar-refractivity contribution in [3.05, 3.63) is 41.7 Å². The van der Waals surface area contributed by atoms with E-state index in [-0.39, 0.29) is 12.1 Å². The summed E-state index contributed by atoms with van der Waals surface area (Å²) >= 11 is 1.63. The van der Waals surface area contributed by atoms with Gasteiger partial charge in [0.05, 0.1) is 11.7 Å². The lowest BCUT2D eigenvalue weighted by molar-refractivity contribution is 0.191.